The summed E-state index contributed by atoms with van der Waals surface area (Å²) in [5.41, 5.74) is 2.30. The molecular weight excluding hydrogens is 372 g/mol. The van der Waals surface area contributed by atoms with Crippen molar-refractivity contribution in [2.24, 2.45) is 0 Å². The van der Waals surface area contributed by atoms with Crippen LogP contribution in [-0.2, 0) is 4.79 Å². The second kappa shape index (κ2) is 7.27. The average molecular weight is 386 g/mol. The van der Waals surface area contributed by atoms with Crippen LogP contribution in [0, 0.1) is 17.0 Å². The molecule has 1 heterocycles. The number of thiocarbonyl (C=S) groups is 1. The Morgan fingerprint density at radius 2 is 1.92 bits per heavy atom. The van der Waals surface area contributed by atoms with Gasteiger partial charge in [0.25, 0.3) is 11.6 Å². The van der Waals surface area contributed by atoms with Crippen molar-refractivity contribution in [1.82, 2.24) is 0 Å². The normalized spacial score (nSPS) is 15.6. The summed E-state index contributed by atoms with van der Waals surface area (Å²) in [5.74, 6) is 0.484. The van der Waals surface area contributed by atoms with Gasteiger partial charge in [-0.25, -0.2) is 0 Å². The zero-order chi connectivity index (χ0) is 18.8. The molecule has 2 aromatic carbocycles. The van der Waals surface area contributed by atoms with Crippen LogP contribution >= 0.6 is 24.0 Å². The summed E-state index contributed by atoms with van der Waals surface area (Å²) in [6.07, 6.45) is 1.76. The molecule has 0 N–H and O–H groups in total. The Hall–Kier alpha value is -2.71. The largest absolute Gasteiger partial charge is 0.496 e. The van der Waals surface area contributed by atoms with E-state index in [1.807, 2.05) is 25.1 Å². The fourth-order valence-corrected chi connectivity index (χ4v) is 3.79. The fraction of sp³-hybridized carbons (Fsp3) is 0.111. The van der Waals surface area contributed by atoms with Gasteiger partial charge < -0.3 is 4.74 Å². The molecule has 0 atom stereocenters. The van der Waals surface area contributed by atoms with Crippen LogP contribution in [0.2, 0.25) is 0 Å². The highest BCUT2D eigenvalue weighted by molar-refractivity contribution is 8.27. The number of carbonyl (C=O) groups is 1. The van der Waals surface area contributed by atoms with Crippen molar-refractivity contribution in [1.29, 1.82) is 0 Å². The minimum atomic E-state index is -0.487. The van der Waals surface area contributed by atoms with Crippen molar-refractivity contribution in [3.63, 3.8) is 0 Å². The maximum Gasteiger partial charge on any atom is 0.270 e. The number of nitro benzene ring substituents is 1. The van der Waals surface area contributed by atoms with Gasteiger partial charge in [-0.2, -0.15) is 0 Å². The van der Waals surface area contributed by atoms with Gasteiger partial charge in [-0.15, -0.1) is 0 Å². The van der Waals surface area contributed by atoms with E-state index >= 15 is 0 Å². The maximum absolute atomic E-state index is 12.7. The lowest BCUT2D eigenvalue weighted by atomic mass is 10.1. The molecule has 0 aromatic heterocycles. The molecule has 26 heavy (non-hydrogen) atoms. The molecule has 0 aliphatic carbocycles. The van der Waals surface area contributed by atoms with Gasteiger partial charge in [0.1, 0.15) is 5.75 Å². The summed E-state index contributed by atoms with van der Waals surface area (Å²) < 4.78 is 5.69. The monoisotopic (exact) mass is 386 g/mol. The van der Waals surface area contributed by atoms with Gasteiger partial charge in [-0.3, -0.25) is 19.8 Å². The Morgan fingerprint density at radius 1 is 1.23 bits per heavy atom. The number of anilines is 1. The molecule has 1 aliphatic rings. The minimum absolute atomic E-state index is 0.0403. The number of aryl methyl sites for hydroxylation is 1. The number of benzene rings is 2. The van der Waals surface area contributed by atoms with Crippen molar-refractivity contribution in [2.45, 2.75) is 6.92 Å². The highest BCUT2D eigenvalue weighted by Crippen LogP contribution is 2.36. The van der Waals surface area contributed by atoms with E-state index in [0.717, 1.165) is 16.9 Å². The number of nitro groups is 1. The zero-order valence-corrected chi connectivity index (χ0v) is 15.6. The van der Waals surface area contributed by atoms with E-state index in [9.17, 15) is 14.9 Å². The van der Waals surface area contributed by atoms with Crippen molar-refractivity contribution in [3.8, 4) is 5.75 Å². The van der Waals surface area contributed by atoms with Crippen LogP contribution in [0.1, 0.15) is 11.1 Å². The first-order chi connectivity index (χ1) is 12.4. The molecule has 1 fully saturated rings. The van der Waals surface area contributed by atoms with Gasteiger partial charge in [0.2, 0.25) is 0 Å². The summed E-state index contributed by atoms with van der Waals surface area (Å²) in [4.78, 5) is 24.9. The second-order valence-corrected chi connectivity index (χ2v) is 7.20. The van der Waals surface area contributed by atoms with E-state index < -0.39 is 4.92 Å². The Morgan fingerprint density at radius 3 is 2.54 bits per heavy atom. The van der Waals surface area contributed by atoms with Gasteiger partial charge in [0.15, 0.2) is 4.32 Å². The van der Waals surface area contributed by atoms with Crippen LogP contribution in [0.25, 0.3) is 6.08 Å². The molecule has 132 valence electrons. The summed E-state index contributed by atoms with van der Waals surface area (Å²) in [5, 5.41) is 10.8. The topological polar surface area (TPSA) is 72.7 Å². The van der Waals surface area contributed by atoms with E-state index in [4.69, 9.17) is 17.0 Å². The van der Waals surface area contributed by atoms with Crippen LogP contribution in [0.15, 0.2) is 47.4 Å². The standard InChI is InChI=1S/C18H14N2O4S2/c1-11-3-4-12(9-15(11)24-2)10-16-17(21)19(18(25)26-16)13-5-7-14(8-6-13)20(22)23/h3-10H,1-2H3/b16-10-. The Balaban J connectivity index is 1.90. The maximum atomic E-state index is 12.7. The third-order valence-electron chi connectivity index (χ3n) is 3.84. The van der Waals surface area contributed by atoms with Crippen molar-refractivity contribution in [2.75, 3.05) is 12.0 Å². The third kappa shape index (κ3) is 3.47. The first-order valence-electron chi connectivity index (χ1n) is 7.58. The Bertz CT molecular complexity index is 939. The van der Waals surface area contributed by atoms with Crippen LogP contribution < -0.4 is 9.64 Å². The molecule has 0 radical (unpaired) electrons. The molecule has 3 rings (SSSR count). The molecule has 1 aliphatic heterocycles. The first-order valence-corrected chi connectivity index (χ1v) is 8.80. The molecule has 1 saturated heterocycles. The van der Waals surface area contributed by atoms with E-state index in [1.54, 1.807) is 13.2 Å². The highest BCUT2D eigenvalue weighted by atomic mass is 32.2. The molecule has 6 nitrogen and oxygen atoms in total. The summed E-state index contributed by atoms with van der Waals surface area (Å²) in [7, 11) is 1.60. The molecule has 0 saturated carbocycles. The Labute approximate surface area is 159 Å². The van der Waals surface area contributed by atoms with Gasteiger partial charge in [-0.05, 0) is 42.3 Å². The van der Waals surface area contributed by atoms with Crippen LogP contribution in [-0.4, -0.2) is 22.3 Å². The minimum Gasteiger partial charge on any atom is -0.496 e. The summed E-state index contributed by atoms with van der Waals surface area (Å²) >= 11 is 6.51. The molecule has 2 aromatic rings. The van der Waals surface area contributed by atoms with E-state index in [1.165, 1.54) is 40.9 Å². The quantitative estimate of drug-likeness (QED) is 0.337. The van der Waals surface area contributed by atoms with Crippen molar-refractivity contribution < 1.29 is 14.5 Å². The molecular formula is C18H14N2O4S2. The highest BCUT2D eigenvalue weighted by Gasteiger charge is 2.33. The number of methoxy groups -OCH3 is 1. The lowest BCUT2D eigenvalue weighted by Crippen LogP contribution is -2.27. The zero-order valence-electron chi connectivity index (χ0n) is 14.0. The lowest BCUT2D eigenvalue weighted by Gasteiger charge is -2.14. The number of rotatable bonds is 4. The lowest BCUT2D eigenvalue weighted by molar-refractivity contribution is -0.384. The molecule has 0 unspecified atom stereocenters. The van der Waals surface area contributed by atoms with Gasteiger partial charge in [-0.1, -0.05) is 36.1 Å². The number of ether oxygens (including phenoxy) is 1. The predicted octanol–water partition coefficient (Wildman–Crippen LogP) is 4.32. The van der Waals surface area contributed by atoms with E-state index in [2.05, 4.69) is 0 Å². The molecule has 8 heteroatoms. The number of non-ortho nitro benzene ring substituents is 1. The van der Waals surface area contributed by atoms with Crippen molar-refractivity contribution in [3.05, 3.63) is 68.6 Å². The molecule has 1 amide bonds. The SMILES string of the molecule is COc1cc(/C=C2\SC(=S)N(c3ccc([N+](=O)[O-])cc3)C2=O)ccc1C. The predicted molar refractivity (Wildman–Crippen MR) is 106 cm³/mol. The first kappa shape index (κ1) is 18.1. The Kier molecular flexibility index (Phi) is 5.06. The van der Waals surface area contributed by atoms with Crippen LogP contribution in [0.4, 0.5) is 11.4 Å². The molecule has 0 spiro atoms. The number of carbonyl (C=O) groups excluding carboxylic acids is 1. The smallest absolute Gasteiger partial charge is 0.270 e. The van der Waals surface area contributed by atoms with Gasteiger partial charge >= 0.3 is 0 Å². The van der Waals surface area contributed by atoms with Crippen LogP contribution in [0.3, 0.4) is 0 Å². The summed E-state index contributed by atoms with van der Waals surface area (Å²) in [6.45, 7) is 1.94. The van der Waals surface area contributed by atoms with Crippen LogP contribution in [0.5, 0.6) is 5.75 Å². The number of hydrogen-bond donors (Lipinski definition) is 0. The van der Waals surface area contributed by atoms with E-state index in [-0.39, 0.29) is 11.6 Å². The van der Waals surface area contributed by atoms with E-state index in [0.29, 0.717) is 14.9 Å². The van der Waals surface area contributed by atoms with Gasteiger partial charge in [0.05, 0.1) is 22.6 Å². The van der Waals surface area contributed by atoms with Crippen molar-refractivity contribution >= 4 is 51.7 Å². The van der Waals surface area contributed by atoms with Gasteiger partial charge in [0, 0.05) is 12.1 Å². The number of nitrogens with zero attached hydrogens (tertiary/aromatic N) is 2. The third-order valence-corrected chi connectivity index (χ3v) is 5.14. The number of amides is 1. The number of hydrogen-bond acceptors (Lipinski definition) is 6. The average Bonchev–Trinajstić information content (AvgIpc) is 2.90. The summed E-state index contributed by atoms with van der Waals surface area (Å²) in [6, 6.07) is 11.4. The number of thioether (sulfide) groups is 1. The fourth-order valence-electron chi connectivity index (χ4n) is 2.49. The second-order valence-electron chi connectivity index (χ2n) is 5.52. The molecule has 0 bridgehead atoms.